The number of piperazine rings is 1. The van der Waals surface area contributed by atoms with Gasteiger partial charge >= 0.3 is 0 Å². The van der Waals surface area contributed by atoms with Crippen molar-refractivity contribution in [2.75, 3.05) is 31.1 Å². The summed E-state index contributed by atoms with van der Waals surface area (Å²) >= 11 is 0. The first kappa shape index (κ1) is 15.7. The molecule has 5 heteroatoms. The summed E-state index contributed by atoms with van der Waals surface area (Å²) < 4.78 is 0. The Morgan fingerprint density at radius 2 is 2.00 bits per heavy atom. The molecule has 2 aliphatic rings. The van der Waals surface area contributed by atoms with Crippen LogP contribution >= 0.6 is 0 Å². The first-order valence-corrected chi connectivity index (χ1v) is 8.39. The van der Waals surface area contributed by atoms with E-state index in [0.29, 0.717) is 12.0 Å². The number of aromatic nitrogens is 2. The lowest BCUT2D eigenvalue weighted by Gasteiger charge is -2.42. The van der Waals surface area contributed by atoms with E-state index >= 15 is 0 Å². The number of β-amino-alcohol motifs (C(OH)–C–C–N with tert-alkyl or cyclic N) is 1. The van der Waals surface area contributed by atoms with E-state index in [2.05, 4.69) is 34.7 Å². The van der Waals surface area contributed by atoms with E-state index in [1.54, 1.807) is 0 Å². The lowest BCUT2D eigenvalue weighted by atomic mass is 10.1. The zero-order valence-corrected chi connectivity index (χ0v) is 14.2. The molecule has 5 nitrogen and oxygen atoms in total. The van der Waals surface area contributed by atoms with Crippen LogP contribution in [0, 0.1) is 6.92 Å². The highest BCUT2D eigenvalue weighted by Crippen LogP contribution is 2.38. The minimum absolute atomic E-state index is 0.417. The van der Waals surface area contributed by atoms with Crippen molar-refractivity contribution < 1.29 is 5.11 Å². The fourth-order valence-electron chi connectivity index (χ4n) is 3.20. The normalized spacial score (nSPS) is 23.9. The summed E-state index contributed by atoms with van der Waals surface area (Å²) in [5.41, 5.74) is 0.430. The molecule has 0 radical (unpaired) electrons. The van der Waals surface area contributed by atoms with Crippen LogP contribution in [-0.2, 0) is 0 Å². The quantitative estimate of drug-likeness (QED) is 0.921. The van der Waals surface area contributed by atoms with Gasteiger partial charge in [-0.2, -0.15) is 0 Å². The number of aliphatic hydroxyl groups is 1. The molecule has 1 atom stereocenters. The molecular weight excluding hydrogens is 276 g/mol. The summed E-state index contributed by atoms with van der Waals surface area (Å²) in [5.74, 6) is 2.69. The smallest absolute Gasteiger partial charge is 0.134 e. The minimum atomic E-state index is -0.638. The molecule has 3 rings (SSSR count). The highest BCUT2D eigenvalue weighted by atomic mass is 16.3. The van der Waals surface area contributed by atoms with E-state index in [1.165, 1.54) is 12.8 Å². The molecule has 1 aromatic heterocycles. The molecule has 122 valence electrons. The van der Waals surface area contributed by atoms with Crippen LogP contribution in [0.5, 0.6) is 0 Å². The minimum Gasteiger partial charge on any atom is -0.389 e. The molecule has 22 heavy (non-hydrogen) atoms. The van der Waals surface area contributed by atoms with Gasteiger partial charge < -0.3 is 10.0 Å². The molecule has 1 aromatic rings. The van der Waals surface area contributed by atoms with Gasteiger partial charge in [0.05, 0.1) is 5.60 Å². The molecule has 0 aromatic carbocycles. The first-order chi connectivity index (χ1) is 10.3. The summed E-state index contributed by atoms with van der Waals surface area (Å²) in [4.78, 5) is 14.1. The lowest BCUT2D eigenvalue weighted by molar-refractivity contribution is 0.0200. The second-order valence-corrected chi connectivity index (χ2v) is 7.58. The van der Waals surface area contributed by atoms with E-state index in [4.69, 9.17) is 4.98 Å². The van der Waals surface area contributed by atoms with Crippen molar-refractivity contribution in [1.29, 1.82) is 0 Å². The maximum Gasteiger partial charge on any atom is 0.134 e. The average molecular weight is 304 g/mol. The SMILES string of the molecule is Cc1cc(N2CCN(CC(C)(C)O)C(C)C2)nc(C2CC2)n1. The van der Waals surface area contributed by atoms with E-state index in [9.17, 15) is 5.11 Å². The van der Waals surface area contributed by atoms with E-state index in [0.717, 1.165) is 43.5 Å². The Balaban J connectivity index is 1.70. The summed E-state index contributed by atoms with van der Waals surface area (Å²) in [6.45, 7) is 11.6. The van der Waals surface area contributed by atoms with Gasteiger partial charge in [0, 0.05) is 49.9 Å². The molecule has 1 saturated carbocycles. The predicted octanol–water partition coefficient (Wildman–Crippen LogP) is 1.94. The van der Waals surface area contributed by atoms with Crippen molar-refractivity contribution >= 4 is 5.82 Å². The number of aryl methyl sites for hydroxylation is 1. The zero-order valence-electron chi connectivity index (χ0n) is 14.2. The lowest BCUT2D eigenvalue weighted by Crippen LogP contribution is -2.55. The number of hydrogen-bond acceptors (Lipinski definition) is 5. The highest BCUT2D eigenvalue weighted by Gasteiger charge is 2.30. The molecule has 2 fully saturated rings. The highest BCUT2D eigenvalue weighted by molar-refractivity contribution is 5.41. The first-order valence-electron chi connectivity index (χ1n) is 8.39. The third-order valence-electron chi connectivity index (χ3n) is 4.48. The van der Waals surface area contributed by atoms with Crippen molar-refractivity contribution in [3.8, 4) is 0 Å². The molecule has 1 unspecified atom stereocenters. The van der Waals surface area contributed by atoms with Crippen LogP contribution in [0.2, 0.25) is 0 Å². The van der Waals surface area contributed by atoms with Gasteiger partial charge in [-0.05, 0) is 40.5 Å². The molecule has 1 N–H and O–H groups in total. The molecule has 0 bridgehead atoms. The number of rotatable bonds is 4. The fourth-order valence-corrected chi connectivity index (χ4v) is 3.20. The van der Waals surface area contributed by atoms with E-state index in [1.807, 2.05) is 13.8 Å². The van der Waals surface area contributed by atoms with Gasteiger partial charge in [-0.1, -0.05) is 0 Å². The van der Waals surface area contributed by atoms with Crippen molar-refractivity contribution in [3.05, 3.63) is 17.6 Å². The van der Waals surface area contributed by atoms with Crippen LogP contribution in [0.3, 0.4) is 0 Å². The van der Waals surface area contributed by atoms with Crippen molar-refractivity contribution in [2.45, 2.75) is 58.1 Å². The molecule has 0 spiro atoms. The Hall–Kier alpha value is -1.20. The Morgan fingerprint density at radius 1 is 1.27 bits per heavy atom. The van der Waals surface area contributed by atoms with Crippen LogP contribution in [-0.4, -0.2) is 57.8 Å². The van der Waals surface area contributed by atoms with Crippen LogP contribution in [0.4, 0.5) is 5.82 Å². The van der Waals surface area contributed by atoms with Gasteiger partial charge in [-0.15, -0.1) is 0 Å². The van der Waals surface area contributed by atoms with Gasteiger partial charge in [0.25, 0.3) is 0 Å². The largest absolute Gasteiger partial charge is 0.389 e. The van der Waals surface area contributed by atoms with Crippen LogP contribution < -0.4 is 4.90 Å². The zero-order chi connectivity index (χ0) is 15.9. The fraction of sp³-hybridized carbons (Fsp3) is 0.765. The Kier molecular flexibility index (Phi) is 4.12. The Bertz CT molecular complexity index is 536. The maximum atomic E-state index is 10.0. The molecule has 1 aliphatic heterocycles. The second-order valence-electron chi connectivity index (χ2n) is 7.58. The standard InChI is InChI=1S/C17H28N4O/c1-12-9-15(19-16(18-12)14-5-6-14)20-7-8-21(13(2)10-20)11-17(3,4)22/h9,13-14,22H,5-8,10-11H2,1-4H3. The van der Waals surface area contributed by atoms with E-state index in [-0.39, 0.29) is 0 Å². The Morgan fingerprint density at radius 3 is 2.59 bits per heavy atom. The molecule has 2 heterocycles. The van der Waals surface area contributed by atoms with E-state index < -0.39 is 5.60 Å². The second kappa shape index (κ2) is 5.78. The van der Waals surface area contributed by atoms with Gasteiger partial charge in [0.1, 0.15) is 11.6 Å². The van der Waals surface area contributed by atoms with Crippen LogP contribution in [0.15, 0.2) is 6.07 Å². The van der Waals surface area contributed by atoms with Gasteiger partial charge in [0.15, 0.2) is 0 Å². The van der Waals surface area contributed by atoms with Gasteiger partial charge in [-0.3, -0.25) is 4.90 Å². The van der Waals surface area contributed by atoms with Crippen molar-refractivity contribution in [2.24, 2.45) is 0 Å². The third kappa shape index (κ3) is 3.76. The summed E-state index contributed by atoms with van der Waals surface area (Å²) in [6, 6.07) is 2.52. The number of nitrogens with zero attached hydrogens (tertiary/aromatic N) is 4. The summed E-state index contributed by atoms with van der Waals surface area (Å²) in [6.07, 6.45) is 2.47. The van der Waals surface area contributed by atoms with Crippen LogP contribution in [0.25, 0.3) is 0 Å². The third-order valence-corrected chi connectivity index (χ3v) is 4.48. The van der Waals surface area contributed by atoms with Crippen molar-refractivity contribution in [3.63, 3.8) is 0 Å². The van der Waals surface area contributed by atoms with Gasteiger partial charge in [-0.25, -0.2) is 9.97 Å². The van der Waals surface area contributed by atoms with Crippen LogP contribution in [0.1, 0.15) is 51.0 Å². The number of hydrogen-bond donors (Lipinski definition) is 1. The maximum absolute atomic E-state index is 10.0. The summed E-state index contributed by atoms with van der Waals surface area (Å²) in [7, 11) is 0. The summed E-state index contributed by atoms with van der Waals surface area (Å²) in [5, 5.41) is 10.0. The Labute approximate surface area is 133 Å². The molecule has 0 amide bonds. The number of anilines is 1. The predicted molar refractivity (Wildman–Crippen MR) is 88.3 cm³/mol. The molecule has 1 saturated heterocycles. The monoisotopic (exact) mass is 304 g/mol. The van der Waals surface area contributed by atoms with Gasteiger partial charge in [0.2, 0.25) is 0 Å². The molecular formula is C17H28N4O. The average Bonchev–Trinajstić information content (AvgIpc) is 3.23. The van der Waals surface area contributed by atoms with Crippen molar-refractivity contribution in [1.82, 2.24) is 14.9 Å². The molecule has 1 aliphatic carbocycles. The topological polar surface area (TPSA) is 52.5 Å².